The number of para-hydroxylation sites is 1. The summed E-state index contributed by atoms with van der Waals surface area (Å²) in [5, 5.41) is 7.56. The standard InChI is InChI=1S/C20H13N4O.2C15H11N4O.C14H8N3OS.C14H8N3S2/c1-2-6-14(7-3-1)24-16-8-10-21-11-15(16)18-19(24)23-12-13-5-4-9-22-17(13)20(23)25-18;2*1-18-11-4-6-16-7-10(11)13-14(18)19-8-9-3-2-5-17-12(9)15(19)20-13;1-2-8-7-17-13-12(19-14(17)11(8)16-4-1)9-6-15-5-3-10(9)18-13;1-2-8-7-17-13(11(8)16-4-1)19-12-9-6-15-5-3-10(9)18-14(12)17/h1-11H,12H2;2*2-7H,8H2,1H3;2*1-6H,7H2/q5*+1/i;1D3;;;. The molecule has 0 spiro atoms. The first-order valence-electron chi connectivity index (χ1n) is 34.7. The lowest BCUT2D eigenvalue weighted by Crippen LogP contribution is -2.32. The molecule has 0 atom stereocenters. The van der Waals surface area contributed by atoms with E-state index < -0.39 is 6.98 Å². The second-order valence-electron chi connectivity index (χ2n) is 25.4. The van der Waals surface area contributed by atoms with Crippen LogP contribution in [0.15, 0.2) is 232 Å². The van der Waals surface area contributed by atoms with Crippen molar-refractivity contribution in [2.45, 2.75) is 32.7 Å². The molecule has 5 aliphatic heterocycles. The van der Waals surface area contributed by atoms with Crippen LogP contribution < -0.4 is 22.8 Å². The summed E-state index contributed by atoms with van der Waals surface area (Å²) >= 11 is 5.42. The Bertz CT molecular complexity index is 7100. The van der Waals surface area contributed by atoms with Crippen LogP contribution >= 0.6 is 34.0 Å². The van der Waals surface area contributed by atoms with Gasteiger partial charge in [-0.05, 0) is 60.7 Å². The second-order valence-corrected chi connectivity index (χ2v) is 28.5. The maximum absolute atomic E-state index is 7.92. The highest BCUT2D eigenvalue weighted by Crippen LogP contribution is 2.44. The number of thiazole rings is 2. The Hall–Kier alpha value is -13.0. The summed E-state index contributed by atoms with van der Waals surface area (Å²) in [6.45, 7) is 1.59. The van der Waals surface area contributed by atoms with Crippen molar-refractivity contribution in [3.8, 4) is 61.8 Å². The molecule has 20 aromatic heterocycles. The number of furan rings is 1. The smallest absolute Gasteiger partial charge is 0.393 e. The van der Waals surface area contributed by atoms with Gasteiger partial charge in [-0.25, -0.2) is 34.1 Å². The third-order valence-electron chi connectivity index (χ3n) is 19.8. The molecule has 103 heavy (non-hydrogen) atoms. The second kappa shape index (κ2) is 22.3. The molecular formula is C78H51N18O4S3+5. The summed E-state index contributed by atoms with van der Waals surface area (Å²) < 4.78 is 68.6. The molecule has 0 aliphatic carbocycles. The molecule has 25 heterocycles. The van der Waals surface area contributed by atoms with Crippen molar-refractivity contribution in [3.05, 3.63) is 242 Å². The number of hydrogen-bond donors (Lipinski definition) is 0. The highest BCUT2D eigenvalue weighted by atomic mass is 32.1. The largest absolute Gasteiger partial charge is 0.412 e. The van der Waals surface area contributed by atoms with Crippen LogP contribution in [0.4, 0.5) is 0 Å². The average molecular weight is 1400 g/mol. The molecule has 0 bridgehead atoms. The molecule has 22 nitrogen and oxygen atoms in total. The van der Waals surface area contributed by atoms with Gasteiger partial charge in [0.2, 0.25) is 16.7 Å². The number of aromatic nitrogens is 18. The Balaban J connectivity index is 0.0000000830. The minimum Gasteiger partial charge on any atom is -0.412 e. The van der Waals surface area contributed by atoms with E-state index in [0.29, 0.717) is 34.6 Å². The minimum absolute atomic E-state index is 0.538. The summed E-state index contributed by atoms with van der Waals surface area (Å²) in [6, 6.07) is 40.4. The number of hydrogen-bond acceptors (Lipinski definition) is 17. The molecule has 5 aliphatic rings. The van der Waals surface area contributed by atoms with Gasteiger partial charge in [-0.2, -0.15) is 22.8 Å². The zero-order chi connectivity index (χ0) is 70.2. The van der Waals surface area contributed by atoms with Gasteiger partial charge in [0, 0.05) is 144 Å². The number of oxazole rings is 3. The number of pyridine rings is 10. The van der Waals surface area contributed by atoms with Crippen molar-refractivity contribution < 1.29 is 44.6 Å². The van der Waals surface area contributed by atoms with E-state index in [0.717, 1.165) is 143 Å². The van der Waals surface area contributed by atoms with E-state index in [4.69, 9.17) is 21.8 Å². The maximum atomic E-state index is 7.92. The molecule has 0 radical (unpaired) electrons. The third kappa shape index (κ3) is 8.54. The van der Waals surface area contributed by atoms with E-state index in [1.165, 1.54) is 56.5 Å². The molecule has 0 saturated carbocycles. The summed E-state index contributed by atoms with van der Waals surface area (Å²) in [6.07, 6.45) is 27.1. The molecule has 26 rings (SSSR count). The van der Waals surface area contributed by atoms with Gasteiger partial charge in [-0.3, -0.25) is 24.9 Å². The van der Waals surface area contributed by atoms with E-state index >= 15 is 0 Å². The predicted molar refractivity (Wildman–Crippen MR) is 389 cm³/mol. The summed E-state index contributed by atoms with van der Waals surface area (Å²) in [4.78, 5) is 44.7. The van der Waals surface area contributed by atoms with Gasteiger partial charge < -0.3 is 17.7 Å². The fourth-order valence-corrected chi connectivity index (χ4v) is 19.1. The van der Waals surface area contributed by atoms with Crippen LogP contribution in [0.25, 0.3) is 169 Å². The molecule has 0 unspecified atom stereocenters. The van der Waals surface area contributed by atoms with Gasteiger partial charge >= 0.3 is 40.3 Å². The van der Waals surface area contributed by atoms with Gasteiger partial charge in [-0.15, -0.1) is 4.57 Å². The summed E-state index contributed by atoms with van der Waals surface area (Å²) in [5.41, 5.74) is 21.6. The van der Waals surface area contributed by atoms with E-state index in [9.17, 15) is 0 Å². The number of rotatable bonds is 1. The molecule has 0 fully saturated rings. The van der Waals surface area contributed by atoms with Gasteiger partial charge in [0.15, 0.2) is 46.3 Å². The van der Waals surface area contributed by atoms with Crippen molar-refractivity contribution in [1.29, 1.82) is 0 Å². The van der Waals surface area contributed by atoms with Crippen LogP contribution in [0.2, 0.25) is 0 Å². The first kappa shape index (κ1) is 54.9. The number of thiophene rings is 1. The van der Waals surface area contributed by atoms with Crippen molar-refractivity contribution in [2.24, 2.45) is 14.0 Å². The number of benzene rings is 1. The van der Waals surface area contributed by atoms with Crippen LogP contribution in [0.3, 0.4) is 0 Å². The summed E-state index contributed by atoms with van der Waals surface area (Å²) in [7, 11) is 2.06. The van der Waals surface area contributed by atoms with Crippen LogP contribution in [-0.2, 0) is 46.7 Å². The Morgan fingerprint density at radius 3 is 1.40 bits per heavy atom. The SMILES string of the molecule is Cn1c2ccncc2c2oc3[n+](c21)Cc1cccnc1-3.[2H]C([2H])([2H])n1c2ccncc2c2oc3[n+](c21)Cc1cccnc1-3.c1ccc(-n2c3ccncc3c3oc4[n+](c32)Cc2cccnc2-4)cc1.c1cnc2c(c1)C[n+]1c-2sc2c3cnccc3oc21.c1cnc2c(c1)C[n+]1c-2sc2c3cnccc3sc21. The van der Waals surface area contributed by atoms with Crippen molar-refractivity contribution in [2.75, 3.05) is 0 Å². The molecule has 1 aromatic carbocycles. The van der Waals surface area contributed by atoms with E-state index in [1.807, 2.05) is 150 Å². The topological polar surface area (TPSA) is 216 Å². The molecule has 21 aromatic rings. The fraction of sp³-hybridized carbons (Fsp3) is 0.0897. The Kier molecular flexibility index (Phi) is 11.9. The fourth-order valence-electron chi connectivity index (χ4n) is 15.2. The molecule has 25 heteroatoms. The lowest BCUT2D eigenvalue weighted by Gasteiger charge is -2.00. The Labute approximate surface area is 596 Å². The third-order valence-corrected chi connectivity index (χ3v) is 23.5. The molecule has 0 amide bonds. The van der Waals surface area contributed by atoms with Crippen LogP contribution in [0.1, 0.15) is 31.9 Å². The average Bonchev–Trinajstić information content (AvgIpc) is 1.57. The Morgan fingerprint density at radius 1 is 0.379 bits per heavy atom. The van der Waals surface area contributed by atoms with E-state index in [-0.39, 0.29) is 0 Å². The lowest BCUT2D eigenvalue weighted by atomic mass is 10.2. The van der Waals surface area contributed by atoms with Crippen LogP contribution in [0.5, 0.6) is 0 Å². The summed E-state index contributed by atoms with van der Waals surface area (Å²) in [5.74, 6) is 2.25. The highest BCUT2D eigenvalue weighted by Gasteiger charge is 2.41. The van der Waals surface area contributed by atoms with Crippen molar-refractivity contribution >= 4 is 141 Å². The lowest BCUT2D eigenvalue weighted by molar-refractivity contribution is -0.652. The molecule has 0 N–H and O–H groups in total. The quantitative estimate of drug-likeness (QED) is 0.140. The first-order valence-corrected chi connectivity index (χ1v) is 35.6. The molecule has 490 valence electrons. The number of aryl methyl sites for hydroxylation is 2. The Morgan fingerprint density at radius 2 is 0.816 bits per heavy atom. The van der Waals surface area contributed by atoms with Crippen molar-refractivity contribution in [1.82, 2.24) is 63.5 Å². The van der Waals surface area contributed by atoms with Gasteiger partial charge in [0.1, 0.15) is 52.2 Å². The zero-order valence-corrected chi connectivity index (χ0v) is 56.6. The molecular weight excluding hydrogens is 1350 g/mol. The monoisotopic (exact) mass is 1400 g/mol. The normalized spacial score (nSPS) is 13.5. The van der Waals surface area contributed by atoms with Crippen LogP contribution in [-0.4, -0.2) is 63.5 Å². The van der Waals surface area contributed by atoms with Gasteiger partial charge in [-0.1, -0.05) is 70.4 Å². The van der Waals surface area contributed by atoms with E-state index in [2.05, 4.69) is 139 Å². The van der Waals surface area contributed by atoms with Crippen molar-refractivity contribution in [3.63, 3.8) is 0 Å². The highest BCUT2D eigenvalue weighted by molar-refractivity contribution is 7.32. The van der Waals surface area contributed by atoms with Crippen LogP contribution in [0, 0.1) is 0 Å². The van der Waals surface area contributed by atoms with Gasteiger partial charge in [0.25, 0.3) is 14.8 Å². The minimum atomic E-state index is -2.31. The maximum Gasteiger partial charge on any atom is 0.393 e. The number of nitrogens with zero attached hydrogens (tertiary/aromatic N) is 18. The van der Waals surface area contributed by atoms with Gasteiger partial charge in [0.05, 0.1) is 50.8 Å². The molecule has 0 saturated heterocycles. The number of fused-ring (bicyclic) bond motifs is 35. The predicted octanol–water partition coefficient (Wildman–Crippen LogP) is 13.5. The first-order chi connectivity index (χ1) is 52.1. The van der Waals surface area contributed by atoms with E-state index in [1.54, 1.807) is 48.4 Å². The zero-order valence-electron chi connectivity index (χ0n) is 57.2.